The number of hydrogen-bond acceptors (Lipinski definition) is 3. The van der Waals surface area contributed by atoms with E-state index in [1.165, 1.54) is 0 Å². The van der Waals surface area contributed by atoms with Crippen molar-refractivity contribution in [2.24, 2.45) is 0 Å². The Morgan fingerprint density at radius 2 is 2.07 bits per heavy atom. The highest BCUT2D eigenvalue weighted by atomic mass is 17.1. The number of unbranched alkanes of at least 4 members (excludes halogenated alkanes) is 1. The Bertz CT molecular complexity index is 295. The van der Waals surface area contributed by atoms with Gasteiger partial charge in [0.15, 0.2) is 0 Å². The Morgan fingerprint density at radius 3 is 2.60 bits per heavy atom. The average Bonchev–Trinajstić information content (AvgIpc) is 2.30. The van der Waals surface area contributed by atoms with Gasteiger partial charge in [-0.05, 0) is 12.0 Å². The van der Waals surface area contributed by atoms with E-state index in [1.807, 2.05) is 30.3 Å². The van der Waals surface area contributed by atoms with Gasteiger partial charge < -0.3 is 4.89 Å². The molecule has 1 atom stereocenters. The van der Waals surface area contributed by atoms with E-state index < -0.39 is 5.97 Å². The van der Waals surface area contributed by atoms with Crippen molar-refractivity contribution in [2.45, 2.75) is 32.1 Å². The van der Waals surface area contributed by atoms with Crippen LogP contribution in [0, 0.1) is 0 Å². The van der Waals surface area contributed by atoms with E-state index in [0.29, 0.717) is 6.42 Å². The minimum atomic E-state index is -0.574. The largest absolute Gasteiger partial charge is 0.349 e. The van der Waals surface area contributed by atoms with Gasteiger partial charge in [0.25, 0.3) is 0 Å². The van der Waals surface area contributed by atoms with E-state index in [1.54, 1.807) is 0 Å². The monoisotopic (exact) mass is 208 g/mol. The molecule has 0 radical (unpaired) electrons. The minimum absolute atomic E-state index is 0.351. The Hall–Kier alpha value is -1.35. The van der Waals surface area contributed by atoms with E-state index >= 15 is 0 Å². The molecule has 0 aliphatic heterocycles. The molecule has 0 aromatic heterocycles. The normalized spacial score (nSPS) is 12.1. The first-order valence-electron chi connectivity index (χ1n) is 5.19. The summed E-state index contributed by atoms with van der Waals surface area (Å²) in [7, 11) is 0. The van der Waals surface area contributed by atoms with Gasteiger partial charge in [0.05, 0.1) is 5.92 Å². The second-order valence-electron chi connectivity index (χ2n) is 3.52. The third-order valence-electron chi connectivity index (χ3n) is 2.42. The topological polar surface area (TPSA) is 46.5 Å². The summed E-state index contributed by atoms with van der Waals surface area (Å²) in [4.78, 5) is 15.2. The summed E-state index contributed by atoms with van der Waals surface area (Å²) in [5.74, 6) is -0.925. The van der Waals surface area contributed by atoms with Gasteiger partial charge in [-0.1, -0.05) is 50.1 Å². The van der Waals surface area contributed by atoms with Crippen molar-refractivity contribution >= 4 is 5.97 Å². The molecule has 0 heterocycles. The van der Waals surface area contributed by atoms with E-state index in [-0.39, 0.29) is 5.92 Å². The molecule has 3 nitrogen and oxygen atoms in total. The maximum Gasteiger partial charge on any atom is 0.349 e. The Balaban J connectivity index is 2.76. The van der Waals surface area contributed by atoms with E-state index in [9.17, 15) is 4.79 Å². The van der Waals surface area contributed by atoms with Crippen molar-refractivity contribution in [1.29, 1.82) is 0 Å². The van der Waals surface area contributed by atoms with E-state index in [0.717, 1.165) is 18.4 Å². The van der Waals surface area contributed by atoms with Crippen LogP contribution < -0.4 is 0 Å². The van der Waals surface area contributed by atoms with Crippen molar-refractivity contribution in [3.63, 3.8) is 0 Å². The summed E-state index contributed by atoms with van der Waals surface area (Å²) in [6.45, 7) is 2.06. The first kappa shape index (κ1) is 11.7. The van der Waals surface area contributed by atoms with Crippen LogP contribution in [0.3, 0.4) is 0 Å². The molecule has 3 heteroatoms. The molecule has 0 saturated heterocycles. The summed E-state index contributed by atoms with van der Waals surface area (Å²) in [5, 5.41) is 8.42. The average molecular weight is 208 g/mol. The van der Waals surface area contributed by atoms with Crippen LogP contribution in [-0.4, -0.2) is 11.2 Å². The third kappa shape index (κ3) is 3.36. The van der Waals surface area contributed by atoms with Crippen molar-refractivity contribution in [3.8, 4) is 0 Å². The standard InChI is InChI=1S/C12H16O3/c1-2-3-9-11(12(13)15-14)10-7-5-4-6-8-10/h4-8,11,14H,2-3,9H2,1H3. The van der Waals surface area contributed by atoms with Crippen molar-refractivity contribution in [1.82, 2.24) is 0 Å². The molecule has 82 valence electrons. The van der Waals surface area contributed by atoms with Gasteiger partial charge >= 0.3 is 5.97 Å². The number of carbonyl (C=O) groups excluding carboxylic acids is 1. The zero-order chi connectivity index (χ0) is 11.1. The van der Waals surface area contributed by atoms with Gasteiger partial charge in [0, 0.05) is 0 Å². The molecular formula is C12H16O3. The second-order valence-corrected chi connectivity index (χ2v) is 3.52. The van der Waals surface area contributed by atoms with Crippen LogP contribution >= 0.6 is 0 Å². The molecule has 0 aliphatic rings. The number of hydrogen-bond donors (Lipinski definition) is 1. The fraction of sp³-hybridized carbons (Fsp3) is 0.417. The zero-order valence-electron chi connectivity index (χ0n) is 8.85. The predicted octanol–water partition coefficient (Wildman–Crippen LogP) is 2.98. The molecule has 1 aromatic carbocycles. The molecular weight excluding hydrogens is 192 g/mol. The highest BCUT2D eigenvalue weighted by Gasteiger charge is 2.21. The fourth-order valence-corrected chi connectivity index (χ4v) is 1.58. The van der Waals surface area contributed by atoms with Gasteiger partial charge in [-0.25, -0.2) is 4.79 Å². The highest BCUT2D eigenvalue weighted by molar-refractivity contribution is 5.77. The molecule has 0 bridgehead atoms. The van der Waals surface area contributed by atoms with Crippen LogP contribution in [0.4, 0.5) is 0 Å². The van der Waals surface area contributed by atoms with Gasteiger partial charge in [0.2, 0.25) is 0 Å². The SMILES string of the molecule is CCCCC(C(=O)OO)c1ccccc1. The molecule has 0 aliphatic carbocycles. The number of benzene rings is 1. The lowest BCUT2D eigenvalue weighted by Gasteiger charge is -2.12. The third-order valence-corrected chi connectivity index (χ3v) is 2.42. The van der Waals surface area contributed by atoms with Crippen LogP contribution in [0.15, 0.2) is 30.3 Å². The molecule has 1 aromatic rings. The first-order valence-corrected chi connectivity index (χ1v) is 5.19. The van der Waals surface area contributed by atoms with E-state index in [2.05, 4.69) is 11.8 Å². The van der Waals surface area contributed by atoms with Gasteiger partial charge in [0.1, 0.15) is 0 Å². The zero-order valence-corrected chi connectivity index (χ0v) is 8.85. The van der Waals surface area contributed by atoms with Gasteiger partial charge in [-0.2, -0.15) is 5.26 Å². The molecule has 15 heavy (non-hydrogen) atoms. The van der Waals surface area contributed by atoms with Crippen LogP contribution in [0.5, 0.6) is 0 Å². The van der Waals surface area contributed by atoms with Crippen molar-refractivity contribution in [2.75, 3.05) is 0 Å². The van der Waals surface area contributed by atoms with Crippen molar-refractivity contribution < 1.29 is 14.9 Å². The predicted molar refractivity (Wildman–Crippen MR) is 57.4 cm³/mol. The molecule has 0 fully saturated rings. The fourth-order valence-electron chi connectivity index (χ4n) is 1.58. The van der Waals surface area contributed by atoms with Gasteiger partial charge in [-0.3, -0.25) is 0 Å². The quantitative estimate of drug-likeness (QED) is 0.597. The highest BCUT2D eigenvalue weighted by Crippen LogP contribution is 2.23. The summed E-state index contributed by atoms with van der Waals surface area (Å²) < 4.78 is 0. The lowest BCUT2D eigenvalue weighted by Crippen LogP contribution is -2.14. The van der Waals surface area contributed by atoms with Gasteiger partial charge in [-0.15, -0.1) is 0 Å². The summed E-state index contributed by atoms with van der Waals surface area (Å²) in [6, 6.07) is 9.39. The van der Waals surface area contributed by atoms with Crippen molar-refractivity contribution in [3.05, 3.63) is 35.9 Å². The number of rotatable bonds is 5. The number of carbonyl (C=O) groups is 1. The Labute approximate surface area is 89.6 Å². The summed E-state index contributed by atoms with van der Waals surface area (Å²) >= 11 is 0. The minimum Gasteiger partial charge on any atom is -0.300 e. The molecule has 1 rings (SSSR count). The van der Waals surface area contributed by atoms with Crippen LogP contribution in [0.2, 0.25) is 0 Å². The lowest BCUT2D eigenvalue weighted by molar-refractivity contribution is -0.236. The molecule has 0 amide bonds. The van der Waals surface area contributed by atoms with E-state index in [4.69, 9.17) is 5.26 Å². The summed E-state index contributed by atoms with van der Waals surface area (Å²) in [5.41, 5.74) is 0.894. The first-order chi connectivity index (χ1) is 7.29. The van der Waals surface area contributed by atoms with Crippen LogP contribution in [-0.2, 0) is 9.68 Å². The molecule has 0 spiro atoms. The Morgan fingerprint density at radius 1 is 1.40 bits per heavy atom. The molecule has 1 N–H and O–H groups in total. The second kappa shape index (κ2) is 6.19. The maximum atomic E-state index is 11.3. The Kier molecular flexibility index (Phi) is 4.84. The molecule has 1 unspecified atom stereocenters. The molecule has 0 saturated carbocycles. The van der Waals surface area contributed by atoms with Crippen LogP contribution in [0.1, 0.15) is 37.7 Å². The smallest absolute Gasteiger partial charge is 0.300 e. The lowest BCUT2D eigenvalue weighted by atomic mass is 9.94. The van der Waals surface area contributed by atoms with Crippen LogP contribution in [0.25, 0.3) is 0 Å². The maximum absolute atomic E-state index is 11.3. The summed E-state index contributed by atoms with van der Waals surface area (Å²) in [6.07, 6.45) is 2.66.